The molecule has 1 aliphatic heterocycles. The van der Waals surface area contributed by atoms with E-state index in [0.29, 0.717) is 13.0 Å². The van der Waals surface area contributed by atoms with Gasteiger partial charge in [-0.05, 0) is 47.9 Å². The summed E-state index contributed by atoms with van der Waals surface area (Å²) in [7, 11) is 0. The first kappa shape index (κ1) is 13.9. The molecule has 110 valence electrons. The van der Waals surface area contributed by atoms with Crippen LogP contribution in [-0.2, 0) is 4.79 Å². The summed E-state index contributed by atoms with van der Waals surface area (Å²) in [6, 6.07) is 7.57. The van der Waals surface area contributed by atoms with Crippen molar-refractivity contribution in [2.24, 2.45) is 5.92 Å². The summed E-state index contributed by atoms with van der Waals surface area (Å²) in [6.45, 7) is 0.887. The minimum Gasteiger partial charge on any atom is -0.481 e. The van der Waals surface area contributed by atoms with E-state index in [1.54, 1.807) is 16.2 Å². The van der Waals surface area contributed by atoms with E-state index in [1.165, 1.54) is 4.70 Å². The number of piperidine rings is 1. The molecule has 0 aliphatic carbocycles. The number of anilines is 1. The van der Waals surface area contributed by atoms with Crippen LogP contribution in [-0.4, -0.2) is 35.1 Å². The number of rotatable bonds is 2. The molecule has 5 nitrogen and oxygen atoms in total. The number of aliphatic carboxylic acids is 1. The van der Waals surface area contributed by atoms with Crippen molar-refractivity contribution in [3.8, 4) is 0 Å². The lowest BCUT2D eigenvalue weighted by molar-refractivity contribution is -0.143. The monoisotopic (exact) mass is 304 g/mol. The van der Waals surface area contributed by atoms with Crippen molar-refractivity contribution in [3.05, 3.63) is 29.6 Å². The molecule has 21 heavy (non-hydrogen) atoms. The van der Waals surface area contributed by atoms with Crippen LogP contribution in [0.1, 0.15) is 12.8 Å². The summed E-state index contributed by atoms with van der Waals surface area (Å²) in [5, 5.41) is 15.0. The summed E-state index contributed by atoms with van der Waals surface area (Å²) in [6.07, 6.45) is 1.37. The van der Waals surface area contributed by atoms with E-state index in [1.807, 2.05) is 29.6 Å². The minimum absolute atomic E-state index is 0.226. The predicted octanol–water partition coefficient (Wildman–Crippen LogP) is 3.23. The molecular weight excluding hydrogens is 288 g/mol. The Morgan fingerprint density at radius 2 is 2.19 bits per heavy atom. The van der Waals surface area contributed by atoms with Crippen LogP contribution in [0.25, 0.3) is 10.1 Å². The Morgan fingerprint density at radius 3 is 3.00 bits per heavy atom. The fourth-order valence-corrected chi connectivity index (χ4v) is 3.38. The first-order chi connectivity index (χ1) is 10.1. The van der Waals surface area contributed by atoms with Crippen LogP contribution in [0.2, 0.25) is 0 Å². The molecule has 6 heteroatoms. The second-order valence-electron chi connectivity index (χ2n) is 5.23. The average molecular weight is 304 g/mol. The molecule has 1 atom stereocenters. The van der Waals surface area contributed by atoms with Gasteiger partial charge < -0.3 is 15.3 Å². The van der Waals surface area contributed by atoms with Crippen molar-refractivity contribution >= 4 is 39.1 Å². The van der Waals surface area contributed by atoms with Crippen molar-refractivity contribution in [2.45, 2.75) is 12.8 Å². The summed E-state index contributed by atoms with van der Waals surface area (Å²) in [5.74, 6) is -1.28. The van der Waals surface area contributed by atoms with Crippen molar-refractivity contribution < 1.29 is 14.7 Å². The number of thiophene rings is 1. The Balaban J connectivity index is 1.69. The van der Waals surface area contributed by atoms with Crippen LogP contribution in [0.5, 0.6) is 0 Å². The number of urea groups is 1. The van der Waals surface area contributed by atoms with Gasteiger partial charge >= 0.3 is 12.0 Å². The van der Waals surface area contributed by atoms with Gasteiger partial charge in [0.1, 0.15) is 0 Å². The van der Waals surface area contributed by atoms with Gasteiger partial charge in [0.25, 0.3) is 0 Å². The number of carboxylic acids is 1. The van der Waals surface area contributed by atoms with Gasteiger partial charge in [0.2, 0.25) is 0 Å². The zero-order chi connectivity index (χ0) is 14.8. The molecule has 1 aromatic heterocycles. The smallest absolute Gasteiger partial charge is 0.321 e. The molecule has 2 N–H and O–H groups in total. The molecular formula is C15H16N2O3S. The van der Waals surface area contributed by atoms with Crippen LogP contribution in [0.15, 0.2) is 29.6 Å². The fraction of sp³-hybridized carbons (Fsp3) is 0.333. The number of nitrogens with zero attached hydrogens (tertiary/aromatic N) is 1. The molecule has 0 radical (unpaired) electrons. The van der Waals surface area contributed by atoms with Crippen molar-refractivity contribution in [2.75, 3.05) is 18.4 Å². The van der Waals surface area contributed by atoms with Crippen LogP contribution >= 0.6 is 11.3 Å². The molecule has 0 saturated carbocycles. The van der Waals surface area contributed by atoms with Gasteiger partial charge in [0.15, 0.2) is 0 Å². The number of amides is 2. The third kappa shape index (κ3) is 3.00. The standard InChI is InChI=1S/C15H16N2O3S/c18-14(19)11-2-1-6-17(9-11)15(20)16-12-3-4-13-10(8-12)5-7-21-13/h3-5,7-8,11H,1-2,6,9H2,(H,16,20)(H,18,19). The van der Waals surface area contributed by atoms with Crippen molar-refractivity contribution in [3.63, 3.8) is 0 Å². The number of likely N-dealkylation sites (tertiary alicyclic amines) is 1. The molecule has 3 rings (SSSR count). The van der Waals surface area contributed by atoms with Crippen LogP contribution in [0, 0.1) is 5.92 Å². The van der Waals surface area contributed by atoms with Gasteiger partial charge in [-0.3, -0.25) is 4.79 Å². The number of carbonyl (C=O) groups is 2. The zero-order valence-electron chi connectivity index (χ0n) is 11.4. The topological polar surface area (TPSA) is 69.6 Å². The Bertz CT molecular complexity index is 682. The maximum Gasteiger partial charge on any atom is 0.321 e. The van der Waals surface area contributed by atoms with E-state index >= 15 is 0 Å². The molecule has 2 heterocycles. The molecule has 1 aromatic carbocycles. The van der Waals surface area contributed by atoms with Crippen LogP contribution in [0.3, 0.4) is 0 Å². The van der Waals surface area contributed by atoms with E-state index in [4.69, 9.17) is 5.11 Å². The van der Waals surface area contributed by atoms with E-state index in [0.717, 1.165) is 17.5 Å². The Labute approximate surface area is 126 Å². The number of fused-ring (bicyclic) bond motifs is 1. The number of nitrogens with one attached hydrogen (secondary N) is 1. The highest BCUT2D eigenvalue weighted by atomic mass is 32.1. The first-order valence-electron chi connectivity index (χ1n) is 6.89. The molecule has 1 aliphatic rings. The Hall–Kier alpha value is -2.08. The second-order valence-corrected chi connectivity index (χ2v) is 6.17. The third-order valence-corrected chi connectivity index (χ3v) is 4.66. The quantitative estimate of drug-likeness (QED) is 0.895. The number of hydrogen-bond donors (Lipinski definition) is 2. The minimum atomic E-state index is -0.827. The molecule has 2 amide bonds. The maximum atomic E-state index is 12.2. The highest BCUT2D eigenvalue weighted by Gasteiger charge is 2.28. The van der Waals surface area contributed by atoms with Gasteiger partial charge in [-0.1, -0.05) is 0 Å². The second kappa shape index (κ2) is 5.73. The molecule has 1 fully saturated rings. The highest BCUT2D eigenvalue weighted by Crippen LogP contribution is 2.24. The Morgan fingerprint density at radius 1 is 1.33 bits per heavy atom. The van der Waals surface area contributed by atoms with E-state index in [-0.39, 0.29) is 12.6 Å². The third-order valence-electron chi connectivity index (χ3n) is 3.76. The largest absolute Gasteiger partial charge is 0.481 e. The van der Waals surface area contributed by atoms with Crippen LogP contribution < -0.4 is 5.32 Å². The predicted molar refractivity (Wildman–Crippen MR) is 82.8 cm³/mol. The number of carbonyl (C=O) groups excluding carboxylic acids is 1. The number of hydrogen-bond acceptors (Lipinski definition) is 3. The molecule has 1 unspecified atom stereocenters. The van der Waals surface area contributed by atoms with Crippen molar-refractivity contribution in [1.82, 2.24) is 4.90 Å². The van der Waals surface area contributed by atoms with Gasteiger partial charge in [-0.2, -0.15) is 0 Å². The van der Waals surface area contributed by atoms with Gasteiger partial charge in [-0.15, -0.1) is 11.3 Å². The van der Waals surface area contributed by atoms with Gasteiger partial charge in [0, 0.05) is 23.5 Å². The molecule has 1 saturated heterocycles. The maximum absolute atomic E-state index is 12.2. The Kier molecular flexibility index (Phi) is 3.79. The fourth-order valence-electron chi connectivity index (χ4n) is 2.61. The summed E-state index contributed by atoms with van der Waals surface area (Å²) in [5.41, 5.74) is 0.739. The lowest BCUT2D eigenvalue weighted by atomic mass is 9.99. The number of carboxylic acid groups (broad SMARTS) is 1. The molecule has 2 aromatic rings. The van der Waals surface area contributed by atoms with E-state index in [9.17, 15) is 9.59 Å². The lowest BCUT2D eigenvalue weighted by Crippen LogP contribution is -2.44. The highest BCUT2D eigenvalue weighted by molar-refractivity contribution is 7.17. The SMILES string of the molecule is O=C(O)C1CCCN(C(=O)Nc2ccc3sccc3c2)C1. The zero-order valence-corrected chi connectivity index (χ0v) is 12.2. The van der Waals surface area contributed by atoms with Gasteiger partial charge in [-0.25, -0.2) is 4.79 Å². The van der Waals surface area contributed by atoms with Gasteiger partial charge in [0.05, 0.1) is 5.92 Å². The van der Waals surface area contributed by atoms with Crippen molar-refractivity contribution in [1.29, 1.82) is 0 Å². The summed E-state index contributed by atoms with van der Waals surface area (Å²) >= 11 is 1.66. The average Bonchev–Trinajstić information content (AvgIpc) is 2.95. The molecule has 0 bridgehead atoms. The number of benzene rings is 1. The first-order valence-corrected chi connectivity index (χ1v) is 7.77. The molecule has 0 spiro atoms. The summed E-state index contributed by atoms with van der Waals surface area (Å²) < 4.78 is 1.18. The van der Waals surface area contributed by atoms with E-state index in [2.05, 4.69) is 5.32 Å². The normalized spacial score (nSPS) is 18.7. The van der Waals surface area contributed by atoms with Crippen LogP contribution in [0.4, 0.5) is 10.5 Å². The van der Waals surface area contributed by atoms with E-state index < -0.39 is 11.9 Å². The lowest BCUT2D eigenvalue weighted by Gasteiger charge is -2.30. The summed E-state index contributed by atoms with van der Waals surface area (Å²) in [4.78, 5) is 24.9.